The van der Waals surface area contributed by atoms with Gasteiger partial charge < -0.3 is 0 Å². The van der Waals surface area contributed by atoms with Crippen LogP contribution < -0.4 is 0 Å². The first-order chi connectivity index (χ1) is 21.8. The average molecular weight is 595 g/mol. The van der Waals surface area contributed by atoms with Crippen LogP contribution >= 0.6 is 0 Å². The van der Waals surface area contributed by atoms with E-state index in [4.69, 9.17) is 0 Å². The van der Waals surface area contributed by atoms with Crippen LogP contribution in [-0.4, -0.2) is 0 Å². The molecule has 6 aromatic rings. The monoisotopic (exact) mass is 594 g/mol. The smallest absolute Gasteiger partial charge is 0.00205 e. The Kier molecular flexibility index (Phi) is 12.3. The molecule has 0 amide bonds. The lowest BCUT2D eigenvalue weighted by atomic mass is 9.76. The highest BCUT2D eigenvalue weighted by Gasteiger charge is 2.26. The van der Waals surface area contributed by atoms with Crippen molar-refractivity contribution in [3.63, 3.8) is 0 Å². The van der Waals surface area contributed by atoms with E-state index < -0.39 is 0 Å². The van der Waals surface area contributed by atoms with Gasteiger partial charge in [0.2, 0.25) is 0 Å². The number of hydrogen-bond donors (Lipinski definition) is 0. The minimum absolute atomic E-state index is 1.28. The predicted octanol–water partition coefficient (Wildman–Crippen LogP) is 14.2. The van der Waals surface area contributed by atoms with Crippen molar-refractivity contribution in [2.75, 3.05) is 0 Å². The van der Waals surface area contributed by atoms with Gasteiger partial charge in [-0.15, -0.1) is 0 Å². The number of fused-ring (bicyclic) bond motifs is 2. The maximum Gasteiger partial charge on any atom is -0.00205 e. The zero-order valence-corrected chi connectivity index (χ0v) is 30.2. The Morgan fingerprint density at radius 2 is 0.489 bits per heavy atom. The van der Waals surface area contributed by atoms with Crippen LogP contribution in [0.2, 0.25) is 0 Å². The molecule has 0 aliphatic heterocycles. The lowest BCUT2D eigenvalue weighted by Gasteiger charge is -2.27. The molecular weight excluding hydrogens is 540 g/mol. The number of hydrogen-bond acceptors (Lipinski definition) is 0. The molecule has 0 aliphatic carbocycles. The van der Waals surface area contributed by atoms with E-state index in [9.17, 15) is 0 Å². The van der Waals surface area contributed by atoms with E-state index in [0.29, 0.717) is 0 Å². The Morgan fingerprint density at radius 1 is 0.244 bits per heavy atom. The van der Waals surface area contributed by atoms with E-state index in [1.165, 1.54) is 93.9 Å². The molecule has 0 aromatic heterocycles. The maximum atomic E-state index is 2.34. The van der Waals surface area contributed by atoms with Crippen LogP contribution in [0.15, 0.2) is 91.0 Å². The summed E-state index contributed by atoms with van der Waals surface area (Å²) in [7, 11) is 0. The Hall–Kier alpha value is -4.16. The van der Waals surface area contributed by atoms with Gasteiger partial charge in [0.05, 0.1) is 0 Å². The Morgan fingerprint density at radius 3 is 0.800 bits per heavy atom. The highest BCUT2D eigenvalue weighted by Crippen LogP contribution is 2.51. The summed E-state index contributed by atoms with van der Waals surface area (Å²) in [6, 6.07) is 33.0. The van der Waals surface area contributed by atoms with Crippen LogP contribution in [0, 0.1) is 48.5 Å². The van der Waals surface area contributed by atoms with Gasteiger partial charge in [-0.25, -0.2) is 0 Å². The van der Waals surface area contributed by atoms with Crippen molar-refractivity contribution in [2.24, 2.45) is 0 Å². The lowest BCUT2D eigenvalue weighted by molar-refractivity contribution is 1.25. The molecule has 234 valence electrons. The average Bonchev–Trinajstić information content (AvgIpc) is 3.11. The quantitative estimate of drug-likeness (QED) is 0.179. The zero-order valence-electron chi connectivity index (χ0n) is 30.2. The molecule has 0 heteroatoms. The first-order valence-electron chi connectivity index (χ1n) is 17.0. The van der Waals surface area contributed by atoms with E-state index in [-0.39, 0.29) is 0 Å². The van der Waals surface area contributed by atoms with Crippen molar-refractivity contribution in [3.05, 3.63) is 130 Å². The van der Waals surface area contributed by atoms with Gasteiger partial charge in [-0.2, -0.15) is 0 Å². The van der Waals surface area contributed by atoms with Gasteiger partial charge >= 0.3 is 0 Å². The summed E-state index contributed by atoms with van der Waals surface area (Å²) in [4.78, 5) is 0. The van der Waals surface area contributed by atoms with E-state index in [1.807, 2.05) is 41.5 Å². The highest BCUT2D eigenvalue weighted by molar-refractivity contribution is 6.25. The van der Waals surface area contributed by atoms with Crippen LogP contribution in [0.25, 0.3) is 54.9 Å². The molecule has 0 radical (unpaired) electrons. The fraction of sp³-hybridized carbons (Fsp3) is 0.289. The van der Waals surface area contributed by atoms with Gasteiger partial charge in [0.25, 0.3) is 0 Å². The van der Waals surface area contributed by atoms with E-state index >= 15 is 0 Å². The molecule has 0 unspecified atom stereocenters. The van der Waals surface area contributed by atoms with Crippen molar-refractivity contribution in [2.45, 2.75) is 90.0 Å². The molecule has 6 aromatic carbocycles. The molecule has 0 spiro atoms. The summed E-state index contributed by atoms with van der Waals surface area (Å²) in [5.41, 5.74) is 17.6. The minimum atomic E-state index is 1.28. The number of benzene rings is 6. The SMILES string of the molecule is CC.CC.CC.Cc1c(C)c(C)c2c(-c3ccccc3)c3c(C)c(-c4ccccc4)c(C)c(C)c3c(-c3ccccc3)c2c1C. The van der Waals surface area contributed by atoms with Gasteiger partial charge in [0, 0.05) is 0 Å². The lowest BCUT2D eigenvalue weighted by Crippen LogP contribution is -2.03. The standard InChI is InChI=1S/C39H36.3C2H6/c1-23-24(2)26(4)35-34(25(23)3)38(31-19-13-9-14-20-31)36-28(6)27(5)33(30-17-11-8-12-18-30)29(7)37(36)39(35)32-21-15-10-16-22-32;3*1-2/h8-22H,1-7H3;3*1-2H3. The van der Waals surface area contributed by atoms with Crippen LogP contribution in [0.5, 0.6) is 0 Å². The van der Waals surface area contributed by atoms with Gasteiger partial charge in [0.1, 0.15) is 0 Å². The molecule has 0 bridgehead atoms. The zero-order chi connectivity index (χ0) is 33.4. The van der Waals surface area contributed by atoms with Crippen LogP contribution in [-0.2, 0) is 0 Å². The van der Waals surface area contributed by atoms with Gasteiger partial charge in [-0.3, -0.25) is 0 Å². The summed E-state index contributed by atoms with van der Waals surface area (Å²) in [5, 5.41) is 5.54. The second kappa shape index (κ2) is 15.7. The molecule has 0 fully saturated rings. The summed E-state index contributed by atoms with van der Waals surface area (Å²) in [6.07, 6.45) is 0. The Bertz CT molecular complexity index is 1870. The first-order valence-corrected chi connectivity index (χ1v) is 17.0. The third kappa shape index (κ3) is 6.21. The normalized spacial score (nSPS) is 10.3. The molecule has 45 heavy (non-hydrogen) atoms. The first kappa shape index (κ1) is 35.3. The van der Waals surface area contributed by atoms with E-state index in [1.54, 1.807) is 0 Å². The molecule has 0 aliphatic rings. The Balaban J connectivity index is 0.000000870. The molecular formula is C45H54. The second-order valence-corrected chi connectivity index (χ2v) is 11.1. The number of aryl methyl sites for hydroxylation is 4. The van der Waals surface area contributed by atoms with Gasteiger partial charge in [0.15, 0.2) is 0 Å². The molecule has 0 nitrogen and oxygen atoms in total. The van der Waals surface area contributed by atoms with Crippen LogP contribution in [0.4, 0.5) is 0 Å². The van der Waals surface area contributed by atoms with Crippen molar-refractivity contribution in [1.29, 1.82) is 0 Å². The van der Waals surface area contributed by atoms with Crippen molar-refractivity contribution in [3.8, 4) is 33.4 Å². The fourth-order valence-corrected chi connectivity index (χ4v) is 6.79. The Labute approximate surface area is 274 Å². The van der Waals surface area contributed by atoms with E-state index in [2.05, 4.69) is 139 Å². The molecule has 0 heterocycles. The van der Waals surface area contributed by atoms with Gasteiger partial charge in [-0.1, -0.05) is 133 Å². The van der Waals surface area contributed by atoms with Crippen molar-refractivity contribution < 1.29 is 0 Å². The molecule has 6 rings (SSSR count). The number of rotatable bonds is 3. The minimum Gasteiger partial charge on any atom is -0.0683 e. The maximum absolute atomic E-state index is 2.34. The summed E-state index contributed by atoms with van der Waals surface area (Å²) < 4.78 is 0. The largest absolute Gasteiger partial charge is 0.0683 e. The molecule has 0 saturated carbocycles. The highest BCUT2D eigenvalue weighted by atomic mass is 14.3. The molecule has 0 atom stereocenters. The van der Waals surface area contributed by atoms with Gasteiger partial charge in [-0.05, 0) is 142 Å². The van der Waals surface area contributed by atoms with Crippen molar-refractivity contribution in [1.82, 2.24) is 0 Å². The second-order valence-electron chi connectivity index (χ2n) is 11.1. The fourth-order valence-electron chi connectivity index (χ4n) is 6.79. The van der Waals surface area contributed by atoms with E-state index in [0.717, 1.165) is 0 Å². The van der Waals surface area contributed by atoms with Crippen LogP contribution in [0.1, 0.15) is 80.5 Å². The predicted molar refractivity (Wildman–Crippen MR) is 205 cm³/mol. The summed E-state index contributed by atoms with van der Waals surface area (Å²) in [5.74, 6) is 0. The third-order valence-electron chi connectivity index (χ3n) is 9.19. The van der Waals surface area contributed by atoms with Crippen molar-refractivity contribution >= 4 is 21.5 Å². The summed E-state index contributed by atoms with van der Waals surface area (Å²) in [6.45, 7) is 28.2. The third-order valence-corrected chi connectivity index (χ3v) is 9.19. The topological polar surface area (TPSA) is 0 Å². The summed E-state index contributed by atoms with van der Waals surface area (Å²) >= 11 is 0. The molecule has 0 N–H and O–H groups in total. The molecule has 0 saturated heterocycles. The van der Waals surface area contributed by atoms with Crippen LogP contribution in [0.3, 0.4) is 0 Å².